The van der Waals surface area contributed by atoms with Crippen LogP contribution in [-0.4, -0.2) is 12.6 Å². The van der Waals surface area contributed by atoms with Crippen molar-refractivity contribution in [3.63, 3.8) is 0 Å². The second-order valence-corrected chi connectivity index (χ2v) is 5.12. The number of halogens is 2. The van der Waals surface area contributed by atoms with E-state index >= 15 is 0 Å². The number of benzene rings is 2. The van der Waals surface area contributed by atoms with Crippen LogP contribution in [0, 0.1) is 0 Å². The van der Waals surface area contributed by atoms with Gasteiger partial charge in [-0.3, -0.25) is 0 Å². The molecular formula is C15H14Cl2N2O2. The fraction of sp³-hybridized carbons (Fsp3) is 0.133. The number of anilines is 3. The molecule has 0 aliphatic heterocycles. The van der Waals surface area contributed by atoms with Crippen LogP contribution in [0.25, 0.3) is 0 Å². The molecule has 3 N–H and O–H groups in total. The topological polar surface area (TPSA) is 64.3 Å². The fourth-order valence-corrected chi connectivity index (χ4v) is 2.09. The molecule has 2 aromatic carbocycles. The van der Waals surface area contributed by atoms with Crippen molar-refractivity contribution >= 4 is 46.2 Å². The predicted octanol–water partition coefficient (Wildman–Crippen LogP) is 4.50. The SMILES string of the molecule is CCOC(=O)c1ccc(Nc2cc(Cl)ccc2Cl)c(N)c1. The summed E-state index contributed by atoms with van der Waals surface area (Å²) in [5.74, 6) is -0.406. The summed E-state index contributed by atoms with van der Waals surface area (Å²) in [6, 6.07) is 9.97. The van der Waals surface area contributed by atoms with Crippen LogP contribution in [0.3, 0.4) is 0 Å². The van der Waals surface area contributed by atoms with Gasteiger partial charge < -0.3 is 15.8 Å². The van der Waals surface area contributed by atoms with Crippen molar-refractivity contribution in [1.29, 1.82) is 0 Å². The van der Waals surface area contributed by atoms with Gasteiger partial charge in [-0.2, -0.15) is 0 Å². The molecule has 0 aromatic heterocycles. The molecule has 2 rings (SSSR count). The van der Waals surface area contributed by atoms with Crippen molar-refractivity contribution in [3.05, 3.63) is 52.0 Å². The van der Waals surface area contributed by atoms with Gasteiger partial charge in [0.15, 0.2) is 0 Å². The maximum atomic E-state index is 11.6. The highest BCUT2D eigenvalue weighted by molar-refractivity contribution is 6.35. The minimum absolute atomic E-state index is 0.316. The van der Waals surface area contributed by atoms with E-state index in [4.69, 9.17) is 33.7 Å². The molecule has 0 radical (unpaired) electrons. The minimum Gasteiger partial charge on any atom is -0.462 e. The maximum Gasteiger partial charge on any atom is 0.338 e. The molecule has 0 saturated carbocycles. The van der Waals surface area contributed by atoms with Crippen molar-refractivity contribution < 1.29 is 9.53 Å². The van der Waals surface area contributed by atoms with Crippen molar-refractivity contribution in [2.75, 3.05) is 17.7 Å². The quantitative estimate of drug-likeness (QED) is 0.642. The van der Waals surface area contributed by atoms with Gasteiger partial charge in [0.2, 0.25) is 0 Å². The first-order valence-corrected chi connectivity index (χ1v) is 7.05. The Morgan fingerprint density at radius 2 is 1.95 bits per heavy atom. The summed E-state index contributed by atoms with van der Waals surface area (Å²) in [6.45, 7) is 2.06. The lowest BCUT2D eigenvalue weighted by Gasteiger charge is -2.12. The molecule has 21 heavy (non-hydrogen) atoms. The van der Waals surface area contributed by atoms with E-state index in [9.17, 15) is 4.79 Å². The van der Waals surface area contributed by atoms with E-state index < -0.39 is 5.97 Å². The van der Waals surface area contributed by atoms with Crippen LogP contribution in [0.5, 0.6) is 0 Å². The lowest BCUT2D eigenvalue weighted by atomic mass is 10.1. The van der Waals surface area contributed by atoms with Crippen LogP contribution in [0.1, 0.15) is 17.3 Å². The summed E-state index contributed by atoms with van der Waals surface area (Å²) in [5, 5.41) is 4.17. The number of nitrogen functional groups attached to an aromatic ring is 1. The van der Waals surface area contributed by atoms with Crippen LogP contribution >= 0.6 is 23.2 Å². The van der Waals surface area contributed by atoms with Gasteiger partial charge in [-0.05, 0) is 43.3 Å². The normalized spacial score (nSPS) is 10.2. The highest BCUT2D eigenvalue weighted by Crippen LogP contribution is 2.31. The molecule has 110 valence electrons. The number of carbonyl (C=O) groups is 1. The monoisotopic (exact) mass is 324 g/mol. The number of carbonyl (C=O) groups excluding carboxylic acids is 1. The van der Waals surface area contributed by atoms with E-state index in [2.05, 4.69) is 5.32 Å². The van der Waals surface area contributed by atoms with Crippen LogP contribution in [0.15, 0.2) is 36.4 Å². The number of hydrogen-bond acceptors (Lipinski definition) is 4. The van der Waals surface area contributed by atoms with E-state index in [-0.39, 0.29) is 0 Å². The average Bonchev–Trinajstić information content (AvgIpc) is 2.45. The lowest BCUT2D eigenvalue weighted by Crippen LogP contribution is -2.06. The fourth-order valence-electron chi connectivity index (χ4n) is 1.76. The third kappa shape index (κ3) is 3.80. The van der Waals surface area contributed by atoms with E-state index in [0.29, 0.717) is 39.3 Å². The highest BCUT2D eigenvalue weighted by Gasteiger charge is 2.10. The Kier molecular flexibility index (Phi) is 4.94. The van der Waals surface area contributed by atoms with Gasteiger partial charge in [0.1, 0.15) is 0 Å². The number of ether oxygens (including phenoxy) is 1. The van der Waals surface area contributed by atoms with Crippen LogP contribution in [0.2, 0.25) is 10.0 Å². The molecular weight excluding hydrogens is 311 g/mol. The Bertz CT molecular complexity index is 675. The molecule has 6 heteroatoms. The van der Waals surface area contributed by atoms with E-state index in [1.807, 2.05) is 0 Å². The first kappa shape index (κ1) is 15.5. The van der Waals surface area contributed by atoms with Gasteiger partial charge in [-0.15, -0.1) is 0 Å². The lowest BCUT2D eigenvalue weighted by molar-refractivity contribution is 0.0526. The Hall–Kier alpha value is -1.91. The molecule has 4 nitrogen and oxygen atoms in total. The molecule has 0 amide bonds. The smallest absolute Gasteiger partial charge is 0.338 e. The van der Waals surface area contributed by atoms with Crippen molar-refractivity contribution in [1.82, 2.24) is 0 Å². The molecule has 2 aromatic rings. The van der Waals surface area contributed by atoms with Crippen LogP contribution in [0.4, 0.5) is 17.1 Å². The van der Waals surface area contributed by atoms with E-state index in [1.54, 1.807) is 43.3 Å². The molecule has 0 saturated heterocycles. The largest absolute Gasteiger partial charge is 0.462 e. The Labute approximate surface area is 132 Å². The van der Waals surface area contributed by atoms with Gasteiger partial charge in [-0.25, -0.2) is 4.79 Å². The van der Waals surface area contributed by atoms with E-state index in [0.717, 1.165) is 0 Å². The molecule has 0 bridgehead atoms. The molecule has 0 heterocycles. The molecule has 0 aliphatic carbocycles. The summed E-state index contributed by atoms with van der Waals surface area (Å²) in [4.78, 5) is 11.6. The van der Waals surface area contributed by atoms with Crippen molar-refractivity contribution in [2.24, 2.45) is 0 Å². The molecule has 0 spiro atoms. The average molecular weight is 325 g/mol. The van der Waals surface area contributed by atoms with Crippen LogP contribution < -0.4 is 11.1 Å². The first-order chi connectivity index (χ1) is 10.0. The second kappa shape index (κ2) is 6.70. The highest BCUT2D eigenvalue weighted by atomic mass is 35.5. The van der Waals surface area contributed by atoms with Gasteiger partial charge >= 0.3 is 5.97 Å². The zero-order valence-electron chi connectivity index (χ0n) is 11.3. The summed E-state index contributed by atoms with van der Waals surface area (Å²) < 4.78 is 4.92. The standard InChI is InChI=1S/C15H14Cl2N2O2/c1-2-21-15(20)9-3-6-13(12(18)7-9)19-14-8-10(16)4-5-11(14)17/h3-8,19H,2,18H2,1H3. The summed E-state index contributed by atoms with van der Waals surface area (Å²) in [6.07, 6.45) is 0. The number of esters is 1. The third-order valence-corrected chi connectivity index (χ3v) is 3.33. The van der Waals surface area contributed by atoms with Gasteiger partial charge in [0.25, 0.3) is 0 Å². The summed E-state index contributed by atoms with van der Waals surface area (Å²) in [5.41, 5.74) is 8.03. The number of rotatable bonds is 4. The zero-order chi connectivity index (χ0) is 15.4. The zero-order valence-corrected chi connectivity index (χ0v) is 12.8. The first-order valence-electron chi connectivity index (χ1n) is 6.30. The Morgan fingerprint density at radius 3 is 2.62 bits per heavy atom. The maximum absolute atomic E-state index is 11.6. The molecule has 0 aliphatic rings. The number of nitrogens with two attached hydrogens (primary N) is 1. The Morgan fingerprint density at radius 1 is 1.19 bits per heavy atom. The third-order valence-electron chi connectivity index (χ3n) is 2.76. The Balaban J connectivity index is 2.25. The predicted molar refractivity (Wildman–Crippen MR) is 86.6 cm³/mol. The molecule has 0 atom stereocenters. The summed E-state index contributed by atoms with van der Waals surface area (Å²) >= 11 is 12.0. The van der Waals surface area contributed by atoms with Crippen LogP contribution in [-0.2, 0) is 4.74 Å². The number of hydrogen-bond donors (Lipinski definition) is 2. The molecule has 0 fully saturated rings. The minimum atomic E-state index is -0.406. The van der Waals surface area contributed by atoms with Crippen molar-refractivity contribution in [2.45, 2.75) is 6.92 Å². The van der Waals surface area contributed by atoms with Crippen molar-refractivity contribution in [3.8, 4) is 0 Å². The van der Waals surface area contributed by atoms with E-state index in [1.165, 1.54) is 0 Å². The summed E-state index contributed by atoms with van der Waals surface area (Å²) in [7, 11) is 0. The van der Waals surface area contributed by atoms with Gasteiger partial charge in [-0.1, -0.05) is 23.2 Å². The van der Waals surface area contributed by atoms with Gasteiger partial charge in [0, 0.05) is 5.02 Å². The molecule has 0 unspecified atom stereocenters. The second-order valence-electron chi connectivity index (χ2n) is 4.27. The number of nitrogens with one attached hydrogen (secondary N) is 1. The van der Waals surface area contributed by atoms with Gasteiger partial charge in [0.05, 0.1) is 34.3 Å².